The summed E-state index contributed by atoms with van der Waals surface area (Å²) in [7, 11) is 0. The molecule has 2 aromatic heterocycles. The lowest BCUT2D eigenvalue weighted by Crippen LogP contribution is -2.33. The molecule has 8 nitrogen and oxygen atoms in total. The molecule has 0 spiro atoms. The fraction of sp³-hybridized carbons (Fsp3) is 0.263. The molecule has 0 aliphatic carbocycles. The SMILES string of the molecule is NC(=O)CNC(=O)c1cnn2ccc(N3C[C@@H](F)CC3c3cccc(F)c3)nc12. The van der Waals surface area contributed by atoms with Crippen LogP contribution in [0.25, 0.3) is 5.65 Å². The van der Waals surface area contributed by atoms with Crippen molar-refractivity contribution < 1.29 is 18.4 Å². The molecule has 1 fully saturated rings. The van der Waals surface area contributed by atoms with Crippen molar-refractivity contribution in [3.8, 4) is 0 Å². The number of hydrogen-bond donors (Lipinski definition) is 2. The molecule has 3 N–H and O–H groups in total. The largest absolute Gasteiger partial charge is 0.368 e. The van der Waals surface area contributed by atoms with E-state index in [0.29, 0.717) is 11.4 Å². The molecule has 3 aromatic rings. The second-order valence-electron chi connectivity index (χ2n) is 6.82. The van der Waals surface area contributed by atoms with Crippen LogP contribution in [0.4, 0.5) is 14.6 Å². The quantitative estimate of drug-likeness (QED) is 0.673. The number of fused-ring (bicyclic) bond motifs is 1. The minimum absolute atomic E-state index is 0.0989. The van der Waals surface area contributed by atoms with Crippen LogP contribution in [0.3, 0.4) is 0 Å². The molecular weight excluding hydrogens is 382 g/mol. The molecule has 1 unspecified atom stereocenters. The van der Waals surface area contributed by atoms with Crippen LogP contribution >= 0.6 is 0 Å². The number of primary amides is 1. The van der Waals surface area contributed by atoms with Crippen LogP contribution in [0.5, 0.6) is 0 Å². The van der Waals surface area contributed by atoms with E-state index in [1.165, 1.54) is 22.8 Å². The van der Waals surface area contributed by atoms with Crippen LogP contribution < -0.4 is 16.0 Å². The third-order valence-corrected chi connectivity index (χ3v) is 4.80. The van der Waals surface area contributed by atoms with Gasteiger partial charge in [0, 0.05) is 12.6 Å². The number of nitrogens with one attached hydrogen (secondary N) is 1. The van der Waals surface area contributed by atoms with Crippen molar-refractivity contribution in [1.29, 1.82) is 0 Å². The molecule has 4 rings (SSSR count). The predicted molar refractivity (Wildman–Crippen MR) is 101 cm³/mol. The average Bonchev–Trinajstić information content (AvgIpc) is 3.29. The summed E-state index contributed by atoms with van der Waals surface area (Å²) in [6.07, 6.45) is 2.05. The van der Waals surface area contributed by atoms with E-state index < -0.39 is 23.8 Å². The standard InChI is InChI=1S/C19H18F2N6O2/c20-12-3-1-2-11(6-12)15-7-13(21)10-26(15)17-4-5-27-18(25-17)14(8-24-27)19(29)23-9-16(22)28/h1-6,8,13,15H,7,9-10H2,(H2,22,28)(H,23,29)/t13-,15?/m0/s1. The first-order chi connectivity index (χ1) is 13.9. The van der Waals surface area contributed by atoms with Gasteiger partial charge in [0.15, 0.2) is 5.65 Å². The first-order valence-corrected chi connectivity index (χ1v) is 8.99. The zero-order valence-corrected chi connectivity index (χ0v) is 15.3. The monoisotopic (exact) mass is 400 g/mol. The highest BCUT2D eigenvalue weighted by molar-refractivity contribution is 6.01. The Morgan fingerprint density at radius 3 is 2.90 bits per heavy atom. The molecule has 2 amide bonds. The van der Waals surface area contributed by atoms with Crippen molar-refractivity contribution in [2.75, 3.05) is 18.0 Å². The zero-order chi connectivity index (χ0) is 20.5. The fourth-order valence-electron chi connectivity index (χ4n) is 3.51. The third kappa shape index (κ3) is 3.73. The average molecular weight is 400 g/mol. The van der Waals surface area contributed by atoms with Crippen LogP contribution in [-0.4, -0.2) is 45.7 Å². The topological polar surface area (TPSA) is 106 Å². The number of aromatic nitrogens is 3. The van der Waals surface area contributed by atoms with E-state index in [4.69, 9.17) is 5.73 Å². The molecule has 0 bridgehead atoms. The molecule has 0 radical (unpaired) electrons. The molecule has 10 heteroatoms. The minimum atomic E-state index is -1.09. The summed E-state index contributed by atoms with van der Waals surface area (Å²) < 4.78 is 29.3. The van der Waals surface area contributed by atoms with E-state index in [9.17, 15) is 18.4 Å². The summed E-state index contributed by atoms with van der Waals surface area (Å²) in [5.74, 6) is -1.17. The van der Waals surface area contributed by atoms with Gasteiger partial charge >= 0.3 is 0 Å². The van der Waals surface area contributed by atoms with Gasteiger partial charge in [-0.3, -0.25) is 9.59 Å². The van der Waals surface area contributed by atoms with Crippen LogP contribution in [-0.2, 0) is 4.79 Å². The highest BCUT2D eigenvalue weighted by Gasteiger charge is 2.34. The second kappa shape index (κ2) is 7.46. The Hall–Kier alpha value is -3.56. The normalized spacial score (nSPS) is 18.9. The summed E-state index contributed by atoms with van der Waals surface area (Å²) in [6.45, 7) is -0.213. The maximum atomic E-state index is 14.2. The van der Waals surface area contributed by atoms with Gasteiger partial charge in [-0.05, 0) is 23.8 Å². The number of nitrogens with zero attached hydrogens (tertiary/aromatic N) is 4. The Kier molecular flexibility index (Phi) is 4.83. The van der Waals surface area contributed by atoms with Gasteiger partial charge in [0.25, 0.3) is 5.91 Å². The molecule has 1 aliphatic rings. The molecule has 2 atom stereocenters. The summed E-state index contributed by atoms with van der Waals surface area (Å²) in [5, 5.41) is 6.46. The van der Waals surface area contributed by atoms with Gasteiger partial charge in [0.05, 0.1) is 25.3 Å². The number of carbonyl (C=O) groups excluding carboxylic acids is 2. The Labute approximate surface area is 164 Å². The Balaban J connectivity index is 1.68. The van der Waals surface area contributed by atoms with Crippen LogP contribution in [0, 0.1) is 5.82 Å². The summed E-state index contributed by atoms with van der Waals surface area (Å²) in [4.78, 5) is 29.4. The van der Waals surface area contributed by atoms with Gasteiger partial charge < -0.3 is 16.0 Å². The number of alkyl halides is 1. The number of amides is 2. The van der Waals surface area contributed by atoms with Crippen molar-refractivity contribution in [2.24, 2.45) is 5.73 Å². The maximum Gasteiger partial charge on any atom is 0.257 e. The molecule has 0 saturated carbocycles. The number of benzene rings is 1. The van der Waals surface area contributed by atoms with E-state index in [1.54, 1.807) is 29.3 Å². The van der Waals surface area contributed by atoms with Gasteiger partial charge in [0.2, 0.25) is 5.91 Å². The molecule has 1 saturated heterocycles. The Bertz CT molecular complexity index is 1090. The van der Waals surface area contributed by atoms with Crippen molar-refractivity contribution >= 4 is 23.3 Å². The predicted octanol–water partition coefficient (Wildman–Crippen LogP) is 1.37. The van der Waals surface area contributed by atoms with Crippen LogP contribution in [0.1, 0.15) is 28.4 Å². The van der Waals surface area contributed by atoms with Crippen LogP contribution in [0.15, 0.2) is 42.7 Å². The maximum absolute atomic E-state index is 14.2. The lowest BCUT2D eigenvalue weighted by Gasteiger charge is -2.25. The van der Waals surface area contributed by atoms with Gasteiger partial charge in [-0.25, -0.2) is 18.3 Å². The number of halogens is 2. The molecule has 1 aromatic carbocycles. The Morgan fingerprint density at radius 2 is 2.14 bits per heavy atom. The van der Waals surface area contributed by atoms with Crippen molar-refractivity contribution in [1.82, 2.24) is 19.9 Å². The number of hydrogen-bond acceptors (Lipinski definition) is 5. The number of rotatable bonds is 5. The molecular formula is C19H18F2N6O2. The smallest absolute Gasteiger partial charge is 0.257 e. The lowest BCUT2D eigenvalue weighted by molar-refractivity contribution is -0.117. The third-order valence-electron chi connectivity index (χ3n) is 4.80. The fourth-order valence-corrected chi connectivity index (χ4v) is 3.51. The van der Waals surface area contributed by atoms with Crippen molar-refractivity contribution in [3.05, 3.63) is 59.7 Å². The summed E-state index contributed by atoms with van der Waals surface area (Å²) in [6, 6.07) is 7.34. The summed E-state index contributed by atoms with van der Waals surface area (Å²) >= 11 is 0. The van der Waals surface area contributed by atoms with E-state index >= 15 is 0 Å². The zero-order valence-electron chi connectivity index (χ0n) is 15.3. The number of carbonyl (C=O) groups is 2. The van der Waals surface area contributed by atoms with Gasteiger partial charge in [-0.2, -0.15) is 5.10 Å². The van der Waals surface area contributed by atoms with E-state index in [-0.39, 0.29) is 36.8 Å². The van der Waals surface area contributed by atoms with E-state index in [2.05, 4.69) is 15.4 Å². The van der Waals surface area contributed by atoms with Crippen LogP contribution in [0.2, 0.25) is 0 Å². The Morgan fingerprint density at radius 1 is 1.31 bits per heavy atom. The van der Waals surface area contributed by atoms with E-state index in [0.717, 1.165) is 0 Å². The number of anilines is 1. The summed E-state index contributed by atoms with van der Waals surface area (Å²) in [5.41, 5.74) is 6.11. The second-order valence-corrected chi connectivity index (χ2v) is 6.82. The molecule has 1 aliphatic heterocycles. The molecule has 29 heavy (non-hydrogen) atoms. The number of nitrogens with two attached hydrogens (primary N) is 1. The van der Waals surface area contributed by atoms with Gasteiger partial charge in [-0.15, -0.1) is 0 Å². The van der Waals surface area contributed by atoms with Gasteiger partial charge in [-0.1, -0.05) is 12.1 Å². The van der Waals surface area contributed by atoms with Crippen molar-refractivity contribution in [2.45, 2.75) is 18.6 Å². The first kappa shape index (κ1) is 18.8. The highest BCUT2D eigenvalue weighted by Crippen LogP contribution is 2.37. The van der Waals surface area contributed by atoms with E-state index in [1.807, 2.05) is 0 Å². The first-order valence-electron chi connectivity index (χ1n) is 8.99. The minimum Gasteiger partial charge on any atom is -0.368 e. The molecule has 150 valence electrons. The van der Waals surface area contributed by atoms with Gasteiger partial charge in [0.1, 0.15) is 23.4 Å². The molecule has 3 heterocycles. The van der Waals surface area contributed by atoms with Crippen molar-refractivity contribution in [3.63, 3.8) is 0 Å². The lowest BCUT2D eigenvalue weighted by atomic mass is 10.0. The highest BCUT2D eigenvalue weighted by atomic mass is 19.1.